The summed E-state index contributed by atoms with van der Waals surface area (Å²) in [6.07, 6.45) is 1.89. The predicted octanol–water partition coefficient (Wildman–Crippen LogP) is 2.29. The van der Waals surface area contributed by atoms with Gasteiger partial charge >= 0.3 is 0 Å². The van der Waals surface area contributed by atoms with Gasteiger partial charge in [-0.3, -0.25) is 4.79 Å². The summed E-state index contributed by atoms with van der Waals surface area (Å²) in [5, 5.41) is 2.63. The highest BCUT2D eigenvalue weighted by atomic mass is 19.1. The van der Waals surface area contributed by atoms with E-state index in [0.29, 0.717) is 17.9 Å². The molecule has 18 heavy (non-hydrogen) atoms. The van der Waals surface area contributed by atoms with Crippen molar-refractivity contribution < 1.29 is 13.9 Å². The van der Waals surface area contributed by atoms with Crippen molar-refractivity contribution in [1.82, 2.24) is 0 Å². The van der Waals surface area contributed by atoms with Crippen molar-refractivity contribution in [1.29, 1.82) is 0 Å². The Morgan fingerprint density at radius 2 is 2.22 bits per heavy atom. The molecule has 0 heterocycles. The lowest BCUT2D eigenvalue weighted by atomic mass is 10.1. The Kier molecular flexibility index (Phi) is 5.58. The lowest BCUT2D eigenvalue weighted by Gasteiger charge is -2.08. The molecule has 1 aromatic carbocycles. The van der Waals surface area contributed by atoms with E-state index in [-0.39, 0.29) is 11.9 Å². The van der Waals surface area contributed by atoms with E-state index in [1.54, 1.807) is 6.07 Å². The van der Waals surface area contributed by atoms with Crippen LogP contribution in [-0.4, -0.2) is 19.1 Å². The number of nitrogens with one attached hydrogen (secondary N) is 1. The summed E-state index contributed by atoms with van der Waals surface area (Å²) in [5.74, 6) is -0.218. The van der Waals surface area contributed by atoms with Crippen molar-refractivity contribution in [2.75, 3.05) is 12.4 Å². The van der Waals surface area contributed by atoms with Crippen LogP contribution in [0.4, 0.5) is 10.1 Å². The van der Waals surface area contributed by atoms with Crippen molar-refractivity contribution >= 4 is 11.6 Å². The summed E-state index contributed by atoms with van der Waals surface area (Å²) in [6.45, 7) is 1.90. The molecule has 0 aromatic heterocycles. The van der Waals surface area contributed by atoms with Crippen LogP contribution in [0.1, 0.15) is 26.2 Å². The van der Waals surface area contributed by atoms with E-state index >= 15 is 0 Å². The highest BCUT2D eigenvalue weighted by molar-refractivity contribution is 5.90. The van der Waals surface area contributed by atoms with Crippen LogP contribution in [0, 0.1) is 5.82 Å². The molecule has 0 aliphatic rings. The minimum atomic E-state index is -0.444. The van der Waals surface area contributed by atoms with Crippen LogP contribution < -0.4 is 15.8 Å². The molecule has 4 nitrogen and oxygen atoms in total. The first-order valence-corrected chi connectivity index (χ1v) is 5.91. The lowest BCUT2D eigenvalue weighted by Crippen LogP contribution is -2.16. The fraction of sp³-hybridized carbons (Fsp3) is 0.462. The van der Waals surface area contributed by atoms with Crippen molar-refractivity contribution in [3.8, 4) is 5.75 Å². The molecule has 3 N–H and O–H groups in total. The third-order valence-electron chi connectivity index (χ3n) is 2.45. The summed E-state index contributed by atoms with van der Waals surface area (Å²) in [4.78, 5) is 11.6. The van der Waals surface area contributed by atoms with E-state index < -0.39 is 5.82 Å². The van der Waals surface area contributed by atoms with Crippen molar-refractivity contribution in [2.24, 2.45) is 5.73 Å². The van der Waals surface area contributed by atoms with E-state index in [0.717, 1.165) is 12.8 Å². The number of rotatable bonds is 6. The molecule has 0 aliphatic heterocycles. The van der Waals surface area contributed by atoms with Gasteiger partial charge in [0.15, 0.2) is 0 Å². The van der Waals surface area contributed by atoms with Gasteiger partial charge in [0, 0.05) is 30.3 Å². The number of benzene rings is 1. The summed E-state index contributed by atoms with van der Waals surface area (Å²) in [5.41, 5.74) is 5.99. The number of hydrogen-bond acceptors (Lipinski definition) is 3. The maximum atomic E-state index is 13.2. The number of anilines is 1. The molecule has 0 fully saturated rings. The minimum absolute atomic E-state index is 0.0899. The van der Waals surface area contributed by atoms with E-state index in [9.17, 15) is 9.18 Å². The van der Waals surface area contributed by atoms with Gasteiger partial charge in [0.25, 0.3) is 0 Å². The maximum Gasteiger partial charge on any atom is 0.224 e. The van der Waals surface area contributed by atoms with Gasteiger partial charge in [-0.15, -0.1) is 0 Å². The van der Waals surface area contributed by atoms with Gasteiger partial charge in [-0.25, -0.2) is 4.39 Å². The molecule has 0 saturated carbocycles. The van der Waals surface area contributed by atoms with Gasteiger partial charge in [0.1, 0.15) is 11.6 Å². The largest absolute Gasteiger partial charge is 0.497 e. The van der Waals surface area contributed by atoms with Crippen LogP contribution in [0.5, 0.6) is 5.75 Å². The molecule has 1 atom stereocenters. The van der Waals surface area contributed by atoms with Crippen LogP contribution in [-0.2, 0) is 4.79 Å². The third-order valence-corrected chi connectivity index (χ3v) is 2.45. The van der Waals surface area contributed by atoms with E-state index in [1.165, 1.54) is 19.2 Å². The molecular formula is C13H19FN2O2. The van der Waals surface area contributed by atoms with E-state index in [4.69, 9.17) is 10.5 Å². The molecule has 1 rings (SSSR count). The van der Waals surface area contributed by atoms with Crippen molar-refractivity contribution in [2.45, 2.75) is 32.2 Å². The molecule has 1 amide bonds. The number of hydrogen-bond donors (Lipinski definition) is 2. The summed E-state index contributed by atoms with van der Waals surface area (Å²) >= 11 is 0. The number of halogens is 1. The number of carbonyl (C=O) groups excluding carboxylic acids is 1. The molecule has 5 heteroatoms. The first-order valence-electron chi connectivity index (χ1n) is 5.91. The lowest BCUT2D eigenvalue weighted by molar-refractivity contribution is -0.116. The zero-order valence-electron chi connectivity index (χ0n) is 10.7. The number of methoxy groups -OCH3 is 1. The minimum Gasteiger partial charge on any atom is -0.497 e. The Morgan fingerprint density at radius 1 is 1.50 bits per heavy atom. The molecule has 100 valence electrons. The van der Waals surface area contributed by atoms with Crippen molar-refractivity contribution in [3.63, 3.8) is 0 Å². The molecule has 0 bridgehead atoms. The zero-order valence-corrected chi connectivity index (χ0v) is 10.7. The number of amides is 1. The first-order chi connectivity index (χ1) is 8.51. The average Bonchev–Trinajstić information content (AvgIpc) is 2.27. The van der Waals surface area contributed by atoms with Gasteiger partial charge in [-0.2, -0.15) is 0 Å². The molecule has 0 saturated heterocycles. The van der Waals surface area contributed by atoms with Gasteiger partial charge in [-0.1, -0.05) is 0 Å². The first kappa shape index (κ1) is 14.4. The Balaban J connectivity index is 2.51. The summed E-state index contributed by atoms with van der Waals surface area (Å²) < 4.78 is 18.1. The van der Waals surface area contributed by atoms with Gasteiger partial charge in [0.05, 0.1) is 7.11 Å². The Labute approximate surface area is 106 Å². The number of nitrogens with two attached hydrogens (primary N) is 1. The predicted molar refractivity (Wildman–Crippen MR) is 69.1 cm³/mol. The Morgan fingerprint density at radius 3 is 2.83 bits per heavy atom. The molecule has 1 aromatic rings. The second-order valence-corrected chi connectivity index (χ2v) is 4.30. The SMILES string of the molecule is COc1cc(F)cc(NC(=O)CCCC(C)N)c1. The second kappa shape index (κ2) is 6.96. The second-order valence-electron chi connectivity index (χ2n) is 4.30. The Bertz CT molecular complexity index is 408. The molecule has 1 unspecified atom stereocenters. The number of ether oxygens (including phenoxy) is 1. The summed E-state index contributed by atoms with van der Waals surface area (Å²) in [7, 11) is 1.45. The fourth-order valence-corrected chi connectivity index (χ4v) is 1.56. The number of carbonyl (C=O) groups is 1. The quantitative estimate of drug-likeness (QED) is 0.818. The highest BCUT2D eigenvalue weighted by Crippen LogP contribution is 2.20. The van der Waals surface area contributed by atoms with Crippen LogP contribution in [0.3, 0.4) is 0 Å². The van der Waals surface area contributed by atoms with E-state index in [1.807, 2.05) is 6.92 Å². The standard InChI is InChI=1S/C13H19FN2O2/c1-9(15)4-3-5-13(17)16-11-6-10(14)7-12(8-11)18-2/h6-9H,3-5,15H2,1-2H3,(H,16,17). The monoisotopic (exact) mass is 254 g/mol. The van der Waals surface area contributed by atoms with Crippen LogP contribution in [0.2, 0.25) is 0 Å². The summed E-state index contributed by atoms with van der Waals surface area (Å²) in [6, 6.07) is 4.18. The average molecular weight is 254 g/mol. The van der Waals surface area contributed by atoms with E-state index in [2.05, 4.69) is 5.32 Å². The fourth-order valence-electron chi connectivity index (χ4n) is 1.56. The van der Waals surface area contributed by atoms with Crippen LogP contribution >= 0.6 is 0 Å². The van der Waals surface area contributed by atoms with Crippen molar-refractivity contribution in [3.05, 3.63) is 24.0 Å². The molecular weight excluding hydrogens is 235 g/mol. The highest BCUT2D eigenvalue weighted by Gasteiger charge is 2.06. The zero-order chi connectivity index (χ0) is 13.5. The normalized spacial score (nSPS) is 12.0. The topological polar surface area (TPSA) is 64.3 Å². The Hall–Kier alpha value is -1.62. The molecule has 0 radical (unpaired) electrons. The molecule has 0 aliphatic carbocycles. The maximum absolute atomic E-state index is 13.2. The third kappa shape index (κ3) is 5.14. The van der Waals surface area contributed by atoms with Gasteiger partial charge in [0.2, 0.25) is 5.91 Å². The molecule has 0 spiro atoms. The van der Waals surface area contributed by atoms with Gasteiger partial charge < -0.3 is 15.8 Å². The van der Waals surface area contributed by atoms with Crippen LogP contribution in [0.15, 0.2) is 18.2 Å². The van der Waals surface area contributed by atoms with Crippen LogP contribution in [0.25, 0.3) is 0 Å². The van der Waals surface area contributed by atoms with Gasteiger partial charge in [-0.05, 0) is 25.8 Å². The smallest absolute Gasteiger partial charge is 0.224 e.